The molecule has 35 heavy (non-hydrogen) atoms. The van der Waals surface area contributed by atoms with E-state index in [1.54, 1.807) is 12.1 Å². The first-order valence-electron chi connectivity index (χ1n) is 13.3. The summed E-state index contributed by atoms with van der Waals surface area (Å²) in [7, 11) is 0. The average molecular weight is 476 g/mol. The van der Waals surface area contributed by atoms with Gasteiger partial charge >= 0.3 is 0 Å². The first kappa shape index (κ1) is 24.1. The second-order valence-electron chi connectivity index (χ2n) is 10.4. The van der Waals surface area contributed by atoms with Gasteiger partial charge in [0.05, 0.1) is 6.10 Å². The zero-order valence-electron chi connectivity index (χ0n) is 20.5. The molecule has 0 atom stereocenters. The van der Waals surface area contributed by atoms with E-state index in [1.807, 2.05) is 30.3 Å². The van der Waals surface area contributed by atoms with E-state index in [0.29, 0.717) is 18.1 Å². The fourth-order valence-corrected chi connectivity index (χ4v) is 6.02. The Morgan fingerprint density at radius 3 is 2.43 bits per heavy atom. The number of ether oxygens (including phenoxy) is 1. The summed E-state index contributed by atoms with van der Waals surface area (Å²) in [5, 5.41) is 20.0. The third-order valence-corrected chi connectivity index (χ3v) is 8.00. The van der Waals surface area contributed by atoms with E-state index in [2.05, 4.69) is 4.90 Å². The second-order valence-corrected chi connectivity index (χ2v) is 10.4. The molecule has 5 nitrogen and oxygen atoms in total. The van der Waals surface area contributed by atoms with Gasteiger partial charge in [0.2, 0.25) is 0 Å². The lowest BCUT2D eigenvalue weighted by Gasteiger charge is -2.32. The van der Waals surface area contributed by atoms with E-state index in [9.17, 15) is 15.0 Å². The summed E-state index contributed by atoms with van der Waals surface area (Å²) in [4.78, 5) is 16.3. The molecule has 0 radical (unpaired) electrons. The number of aliphatic hydroxyl groups excluding tert-OH is 1. The number of nitrogens with zero attached hydrogens (tertiary/aromatic N) is 1. The molecule has 2 aromatic rings. The minimum atomic E-state index is -0.221. The highest BCUT2D eigenvalue weighted by atomic mass is 16.5. The Kier molecular flexibility index (Phi) is 7.54. The van der Waals surface area contributed by atoms with Gasteiger partial charge in [0, 0.05) is 17.7 Å². The van der Waals surface area contributed by atoms with Crippen LogP contribution in [0, 0.1) is 5.92 Å². The number of aryl methyl sites for hydroxylation is 1. The minimum Gasteiger partial charge on any atom is -0.508 e. The second kappa shape index (κ2) is 11.0. The van der Waals surface area contributed by atoms with E-state index in [4.69, 9.17) is 4.74 Å². The largest absolute Gasteiger partial charge is 0.508 e. The highest BCUT2D eigenvalue weighted by Crippen LogP contribution is 2.42. The standard InChI is InChI=1S/C30H37NO4/c32-24-9-4-21(5-10-24)27-14-8-23-20-25(33)11-15-28(23)29(27)30(34)22-6-12-26(13-7-22)35-19-18-31-16-2-1-3-17-31/h6-7,11-13,15,20-21,24,32-33H,1-5,8-10,14,16-19H2. The number of rotatable bonds is 7. The lowest BCUT2D eigenvalue weighted by Crippen LogP contribution is -2.33. The van der Waals surface area contributed by atoms with Crippen LogP contribution in [0.25, 0.3) is 5.57 Å². The Morgan fingerprint density at radius 1 is 0.943 bits per heavy atom. The molecule has 1 saturated heterocycles. The van der Waals surface area contributed by atoms with Crippen molar-refractivity contribution < 1.29 is 19.7 Å². The Morgan fingerprint density at radius 2 is 1.69 bits per heavy atom. The first-order chi connectivity index (χ1) is 17.1. The molecule has 2 aromatic carbocycles. The predicted molar refractivity (Wildman–Crippen MR) is 138 cm³/mol. The molecule has 2 aliphatic carbocycles. The topological polar surface area (TPSA) is 70.0 Å². The number of piperidine rings is 1. The Labute approximate surface area is 208 Å². The molecule has 0 bridgehead atoms. The zero-order chi connectivity index (χ0) is 24.2. The molecule has 0 amide bonds. The molecule has 1 heterocycles. The zero-order valence-corrected chi connectivity index (χ0v) is 20.5. The van der Waals surface area contributed by atoms with Crippen molar-refractivity contribution in [3.63, 3.8) is 0 Å². The number of ketones is 1. The number of benzene rings is 2. The van der Waals surface area contributed by atoms with Crippen LogP contribution in [-0.2, 0) is 6.42 Å². The number of phenols is 1. The van der Waals surface area contributed by atoms with E-state index in [0.717, 1.165) is 80.6 Å². The van der Waals surface area contributed by atoms with Crippen molar-refractivity contribution in [3.05, 3.63) is 64.7 Å². The van der Waals surface area contributed by atoms with Crippen LogP contribution in [0.4, 0.5) is 0 Å². The van der Waals surface area contributed by atoms with Crippen molar-refractivity contribution in [1.82, 2.24) is 4.90 Å². The lowest BCUT2D eigenvalue weighted by molar-refractivity contribution is 0.105. The number of carbonyl (C=O) groups is 1. The van der Waals surface area contributed by atoms with Crippen molar-refractivity contribution in [1.29, 1.82) is 0 Å². The molecule has 0 aromatic heterocycles. The van der Waals surface area contributed by atoms with Gasteiger partial charge in [0.25, 0.3) is 0 Å². The van der Waals surface area contributed by atoms with Gasteiger partial charge in [-0.25, -0.2) is 0 Å². The van der Waals surface area contributed by atoms with Crippen molar-refractivity contribution >= 4 is 11.4 Å². The minimum absolute atomic E-state index is 0.0395. The van der Waals surface area contributed by atoms with Crippen LogP contribution < -0.4 is 4.74 Å². The molecule has 0 unspecified atom stereocenters. The van der Waals surface area contributed by atoms with Gasteiger partial charge in [0.15, 0.2) is 5.78 Å². The molecule has 5 rings (SSSR count). The van der Waals surface area contributed by atoms with Gasteiger partial charge < -0.3 is 14.9 Å². The lowest BCUT2D eigenvalue weighted by atomic mass is 9.73. The molecule has 2 N–H and O–H groups in total. The van der Waals surface area contributed by atoms with Gasteiger partial charge in [-0.2, -0.15) is 0 Å². The number of hydrogen-bond donors (Lipinski definition) is 2. The van der Waals surface area contributed by atoms with Crippen LogP contribution in [0.3, 0.4) is 0 Å². The molecule has 186 valence electrons. The predicted octanol–water partition coefficient (Wildman–Crippen LogP) is 5.39. The smallest absolute Gasteiger partial charge is 0.193 e. The van der Waals surface area contributed by atoms with E-state index < -0.39 is 0 Å². The Bertz CT molecular complexity index is 1060. The van der Waals surface area contributed by atoms with Crippen molar-refractivity contribution in [3.8, 4) is 11.5 Å². The van der Waals surface area contributed by atoms with Gasteiger partial charge in [-0.05, 0) is 118 Å². The third-order valence-electron chi connectivity index (χ3n) is 8.00. The Hall–Kier alpha value is -2.63. The summed E-state index contributed by atoms with van der Waals surface area (Å²) in [6, 6.07) is 12.9. The van der Waals surface area contributed by atoms with Gasteiger partial charge in [-0.3, -0.25) is 9.69 Å². The van der Waals surface area contributed by atoms with Gasteiger partial charge in [-0.1, -0.05) is 18.1 Å². The SMILES string of the molecule is O=C(C1=C(C2CCC(O)CC2)CCc2cc(O)ccc21)c1ccc(OCCN2CCCCC2)cc1. The summed E-state index contributed by atoms with van der Waals surface area (Å²) in [5.74, 6) is 1.41. The molecule has 1 saturated carbocycles. The van der Waals surface area contributed by atoms with Crippen LogP contribution in [0.5, 0.6) is 11.5 Å². The summed E-state index contributed by atoms with van der Waals surface area (Å²) in [6.45, 7) is 3.92. The van der Waals surface area contributed by atoms with E-state index in [-0.39, 0.29) is 17.6 Å². The van der Waals surface area contributed by atoms with Crippen molar-refractivity contribution in [2.24, 2.45) is 5.92 Å². The summed E-state index contributed by atoms with van der Waals surface area (Å²) in [5.41, 5.74) is 4.67. The quantitative estimate of drug-likeness (QED) is 0.526. The number of allylic oxidation sites excluding steroid dienone is 2. The molecule has 1 aliphatic heterocycles. The van der Waals surface area contributed by atoms with Crippen LogP contribution >= 0.6 is 0 Å². The molecule has 5 heteroatoms. The maximum atomic E-state index is 13.9. The molecular formula is C30H37NO4. The number of hydrogen-bond acceptors (Lipinski definition) is 5. The number of fused-ring (bicyclic) bond motifs is 1. The van der Waals surface area contributed by atoms with Crippen molar-refractivity contribution in [2.45, 2.75) is 63.9 Å². The highest BCUT2D eigenvalue weighted by molar-refractivity contribution is 6.30. The number of Topliss-reactive ketones (excluding diaryl/α,β-unsaturated/α-hetero) is 1. The fraction of sp³-hybridized carbons (Fsp3) is 0.500. The monoisotopic (exact) mass is 475 g/mol. The average Bonchev–Trinajstić information content (AvgIpc) is 2.89. The van der Waals surface area contributed by atoms with Crippen LogP contribution in [-0.4, -0.2) is 53.2 Å². The summed E-state index contributed by atoms with van der Waals surface area (Å²) < 4.78 is 5.97. The summed E-state index contributed by atoms with van der Waals surface area (Å²) in [6.07, 6.45) is 8.75. The molecule has 0 spiro atoms. The number of aromatic hydroxyl groups is 1. The van der Waals surface area contributed by atoms with Gasteiger partial charge in [-0.15, -0.1) is 0 Å². The number of carbonyl (C=O) groups excluding carboxylic acids is 1. The van der Waals surface area contributed by atoms with Crippen LogP contribution in [0.2, 0.25) is 0 Å². The first-order valence-corrected chi connectivity index (χ1v) is 13.3. The maximum absolute atomic E-state index is 13.9. The number of likely N-dealkylation sites (tertiary alicyclic amines) is 1. The highest BCUT2D eigenvalue weighted by Gasteiger charge is 2.31. The van der Waals surface area contributed by atoms with Crippen LogP contribution in [0.15, 0.2) is 48.0 Å². The summed E-state index contributed by atoms with van der Waals surface area (Å²) >= 11 is 0. The van der Waals surface area contributed by atoms with Crippen LogP contribution in [0.1, 0.15) is 72.9 Å². The van der Waals surface area contributed by atoms with E-state index in [1.165, 1.54) is 24.8 Å². The van der Waals surface area contributed by atoms with E-state index >= 15 is 0 Å². The number of phenolic OH excluding ortho intramolecular Hbond substituents is 1. The number of aliphatic hydroxyl groups is 1. The maximum Gasteiger partial charge on any atom is 0.193 e. The molecule has 2 fully saturated rings. The van der Waals surface area contributed by atoms with Crippen molar-refractivity contribution in [2.75, 3.05) is 26.2 Å². The van der Waals surface area contributed by atoms with Gasteiger partial charge in [0.1, 0.15) is 18.1 Å². The normalized spacial score (nSPS) is 23.1. The Balaban J connectivity index is 1.35. The molecular weight excluding hydrogens is 438 g/mol. The fourth-order valence-electron chi connectivity index (χ4n) is 6.02. The third kappa shape index (κ3) is 5.62. The molecule has 3 aliphatic rings.